The highest BCUT2D eigenvalue weighted by Crippen LogP contribution is 2.30. The van der Waals surface area contributed by atoms with Crippen molar-refractivity contribution in [2.24, 2.45) is 7.05 Å². The number of nitrogens with zero attached hydrogens (tertiary/aromatic N) is 4. The van der Waals surface area contributed by atoms with E-state index in [0.717, 1.165) is 46.7 Å². The summed E-state index contributed by atoms with van der Waals surface area (Å²) in [5.74, 6) is 0. The van der Waals surface area contributed by atoms with E-state index >= 15 is 0 Å². The highest BCUT2D eigenvalue weighted by molar-refractivity contribution is 5.97. The van der Waals surface area contributed by atoms with Crippen LogP contribution in [-0.4, -0.2) is 56.9 Å². The third-order valence-electron chi connectivity index (χ3n) is 5.64. The van der Waals surface area contributed by atoms with Crippen molar-refractivity contribution < 1.29 is 19.1 Å². The third-order valence-corrected chi connectivity index (χ3v) is 5.64. The van der Waals surface area contributed by atoms with Crippen LogP contribution in [0.4, 0.5) is 4.79 Å². The van der Waals surface area contributed by atoms with Gasteiger partial charge in [0, 0.05) is 50.0 Å². The van der Waals surface area contributed by atoms with Gasteiger partial charge in [0.1, 0.15) is 11.3 Å². The van der Waals surface area contributed by atoms with Gasteiger partial charge >= 0.3 is 6.09 Å². The molecule has 1 aliphatic rings. The Morgan fingerprint density at radius 1 is 1.27 bits per heavy atom. The molecule has 0 radical (unpaired) electrons. The monoisotopic (exact) mass is 450 g/mol. The lowest BCUT2D eigenvalue weighted by Gasteiger charge is -2.35. The van der Waals surface area contributed by atoms with E-state index in [4.69, 9.17) is 9.47 Å². The normalized spacial score (nSPS) is 14.9. The van der Waals surface area contributed by atoms with E-state index in [1.54, 1.807) is 16.9 Å². The predicted octanol–water partition coefficient (Wildman–Crippen LogP) is 4.36. The van der Waals surface area contributed by atoms with Crippen molar-refractivity contribution in [3.05, 3.63) is 47.9 Å². The van der Waals surface area contributed by atoms with Gasteiger partial charge in [0.2, 0.25) is 0 Å². The van der Waals surface area contributed by atoms with Gasteiger partial charge in [0.25, 0.3) is 0 Å². The Balaban J connectivity index is 1.72. The number of aromatic nitrogens is 3. The summed E-state index contributed by atoms with van der Waals surface area (Å²) in [6.45, 7) is 7.30. The molecule has 0 saturated carbocycles. The highest BCUT2D eigenvalue weighted by Gasteiger charge is 2.30. The van der Waals surface area contributed by atoms with E-state index in [1.165, 1.54) is 0 Å². The summed E-state index contributed by atoms with van der Waals surface area (Å²) in [4.78, 5) is 30.8. The highest BCUT2D eigenvalue weighted by atomic mass is 16.6. The first-order valence-corrected chi connectivity index (χ1v) is 11.2. The topological polar surface area (TPSA) is 86.6 Å². The maximum atomic E-state index is 13.1. The molecule has 4 rings (SSSR count). The van der Waals surface area contributed by atoms with Gasteiger partial charge in [-0.3, -0.25) is 9.48 Å². The Kier molecular flexibility index (Phi) is 6.47. The van der Waals surface area contributed by atoms with Gasteiger partial charge < -0.3 is 14.4 Å². The Bertz CT molecular complexity index is 1160. The smallest absolute Gasteiger partial charge is 0.410 e. The Hall–Kier alpha value is -3.26. The van der Waals surface area contributed by atoms with Crippen LogP contribution in [0.15, 0.2) is 36.7 Å². The number of aryl methyl sites for hydroxylation is 1. The molecule has 0 spiro atoms. The number of hydrogen-bond donors (Lipinski definition) is 0. The molecule has 8 heteroatoms. The standard InChI is InChI=1S/C25H30N4O4/c1-25(2,3)33-24(31)29(20-7-9-32-10-8-20)14-17-5-6-23-22(11-17)21(12-19(16-30)27-23)18-13-26-28(4)15-18/h5-6,11-13,15-16,20H,7-10,14H2,1-4H3. The number of hydrogen-bond acceptors (Lipinski definition) is 6. The van der Waals surface area contributed by atoms with Crippen LogP contribution in [0.2, 0.25) is 0 Å². The maximum absolute atomic E-state index is 13.1. The summed E-state index contributed by atoms with van der Waals surface area (Å²) in [6.07, 6.45) is 5.66. The Morgan fingerprint density at radius 3 is 2.67 bits per heavy atom. The van der Waals surface area contributed by atoms with E-state index < -0.39 is 5.60 Å². The van der Waals surface area contributed by atoms with Crippen molar-refractivity contribution in [1.82, 2.24) is 19.7 Å². The largest absolute Gasteiger partial charge is 0.444 e. The Morgan fingerprint density at radius 2 is 2.03 bits per heavy atom. The lowest BCUT2D eigenvalue weighted by atomic mass is 10.00. The zero-order chi connectivity index (χ0) is 23.6. The molecule has 33 heavy (non-hydrogen) atoms. The molecule has 1 amide bonds. The molecule has 1 fully saturated rings. The van der Waals surface area contributed by atoms with E-state index in [0.29, 0.717) is 25.5 Å². The lowest BCUT2D eigenvalue weighted by molar-refractivity contribution is -0.00808. The number of rotatable bonds is 5. The average Bonchev–Trinajstić information content (AvgIpc) is 3.22. The summed E-state index contributed by atoms with van der Waals surface area (Å²) >= 11 is 0. The first-order chi connectivity index (χ1) is 15.7. The number of pyridine rings is 1. The predicted molar refractivity (Wildman–Crippen MR) is 125 cm³/mol. The van der Waals surface area contributed by atoms with Crippen molar-refractivity contribution in [2.45, 2.75) is 51.8 Å². The van der Waals surface area contributed by atoms with Crippen LogP contribution in [0.25, 0.3) is 22.0 Å². The second-order valence-corrected chi connectivity index (χ2v) is 9.42. The van der Waals surface area contributed by atoms with Crippen molar-refractivity contribution >= 4 is 23.3 Å². The van der Waals surface area contributed by atoms with Crippen LogP contribution < -0.4 is 0 Å². The van der Waals surface area contributed by atoms with Gasteiger partial charge in [-0.2, -0.15) is 5.10 Å². The summed E-state index contributed by atoms with van der Waals surface area (Å²) < 4.78 is 12.9. The van der Waals surface area contributed by atoms with Gasteiger partial charge in [-0.1, -0.05) is 6.07 Å². The molecule has 8 nitrogen and oxygen atoms in total. The fraction of sp³-hybridized carbons (Fsp3) is 0.440. The van der Waals surface area contributed by atoms with Crippen LogP contribution in [0.3, 0.4) is 0 Å². The number of carbonyl (C=O) groups excluding carboxylic acids is 2. The number of carbonyl (C=O) groups is 2. The van der Waals surface area contributed by atoms with Crippen LogP contribution in [0, 0.1) is 0 Å². The molecular formula is C25H30N4O4. The van der Waals surface area contributed by atoms with Gasteiger partial charge in [-0.05, 0) is 62.9 Å². The zero-order valence-electron chi connectivity index (χ0n) is 19.6. The van der Waals surface area contributed by atoms with Crippen molar-refractivity contribution in [3.63, 3.8) is 0 Å². The fourth-order valence-electron chi connectivity index (χ4n) is 4.11. The number of aldehydes is 1. The van der Waals surface area contributed by atoms with Crippen molar-refractivity contribution in [1.29, 1.82) is 0 Å². The zero-order valence-corrected chi connectivity index (χ0v) is 19.6. The second-order valence-electron chi connectivity index (χ2n) is 9.42. The minimum absolute atomic E-state index is 0.0534. The van der Waals surface area contributed by atoms with E-state index in [9.17, 15) is 9.59 Å². The molecule has 0 N–H and O–H groups in total. The molecule has 174 valence electrons. The molecule has 1 aromatic carbocycles. The molecule has 0 aliphatic carbocycles. The van der Waals surface area contributed by atoms with Crippen molar-refractivity contribution in [3.8, 4) is 11.1 Å². The van der Waals surface area contributed by atoms with E-state index in [-0.39, 0.29) is 12.1 Å². The number of ether oxygens (including phenoxy) is 2. The van der Waals surface area contributed by atoms with Crippen molar-refractivity contribution in [2.75, 3.05) is 13.2 Å². The van der Waals surface area contributed by atoms with Crippen LogP contribution in [0.5, 0.6) is 0 Å². The number of benzene rings is 1. The molecule has 3 aromatic rings. The minimum Gasteiger partial charge on any atom is -0.444 e. The quantitative estimate of drug-likeness (QED) is 0.537. The number of amides is 1. The van der Waals surface area contributed by atoms with Gasteiger partial charge in [0.15, 0.2) is 6.29 Å². The van der Waals surface area contributed by atoms with E-state index in [2.05, 4.69) is 10.1 Å². The minimum atomic E-state index is -0.577. The first-order valence-electron chi connectivity index (χ1n) is 11.2. The molecule has 3 heterocycles. The maximum Gasteiger partial charge on any atom is 0.410 e. The first kappa shape index (κ1) is 22.9. The molecule has 0 atom stereocenters. The average molecular weight is 451 g/mol. The Labute approximate surface area is 193 Å². The van der Waals surface area contributed by atoms with Gasteiger partial charge in [-0.15, -0.1) is 0 Å². The summed E-state index contributed by atoms with van der Waals surface area (Å²) in [6, 6.07) is 7.72. The SMILES string of the molecule is Cn1cc(-c2cc(C=O)nc3ccc(CN(C(=O)OC(C)(C)C)C4CCOCC4)cc23)cn1. The van der Waals surface area contributed by atoms with Crippen LogP contribution in [-0.2, 0) is 23.1 Å². The molecule has 1 aliphatic heterocycles. The fourth-order valence-corrected chi connectivity index (χ4v) is 4.11. The van der Waals surface area contributed by atoms with Gasteiger partial charge in [0.05, 0.1) is 11.7 Å². The van der Waals surface area contributed by atoms with Crippen LogP contribution in [0.1, 0.15) is 49.7 Å². The van der Waals surface area contributed by atoms with Crippen LogP contribution >= 0.6 is 0 Å². The van der Waals surface area contributed by atoms with E-state index in [1.807, 2.05) is 57.1 Å². The molecule has 0 unspecified atom stereocenters. The molecule has 2 aromatic heterocycles. The van der Waals surface area contributed by atoms with Gasteiger partial charge in [-0.25, -0.2) is 9.78 Å². The number of fused-ring (bicyclic) bond motifs is 1. The summed E-state index contributed by atoms with van der Waals surface area (Å²) in [5, 5.41) is 5.18. The molecule has 0 bridgehead atoms. The summed E-state index contributed by atoms with van der Waals surface area (Å²) in [7, 11) is 1.85. The molecular weight excluding hydrogens is 420 g/mol. The molecule has 1 saturated heterocycles. The summed E-state index contributed by atoms with van der Waals surface area (Å²) in [5.41, 5.74) is 3.26. The lowest BCUT2D eigenvalue weighted by Crippen LogP contribution is -2.45. The second kappa shape index (κ2) is 9.31. The third kappa shape index (κ3) is 5.39.